The number of carbonyl (C=O) groups excluding carboxylic acids is 1. The smallest absolute Gasteiger partial charge is 0.199 e. The van der Waals surface area contributed by atoms with Gasteiger partial charge in [0.25, 0.3) is 0 Å². The number of ketones is 1. The molecule has 162 valence electrons. The summed E-state index contributed by atoms with van der Waals surface area (Å²) in [4.78, 5) is 13.0. The Morgan fingerprint density at radius 1 is 1.33 bits per heavy atom. The summed E-state index contributed by atoms with van der Waals surface area (Å²) in [6.07, 6.45) is 7.18. The average Bonchev–Trinajstić information content (AvgIpc) is 3.16. The molecule has 1 saturated carbocycles. The van der Waals surface area contributed by atoms with E-state index in [9.17, 15) is 14.1 Å². The quantitative estimate of drug-likeness (QED) is 0.635. The van der Waals surface area contributed by atoms with E-state index in [4.69, 9.17) is 9.20 Å². The highest BCUT2D eigenvalue weighted by atomic mass is 32.2. The van der Waals surface area contributed by atoms with Crippen LogP contribution in [0.1, 0.15) is 73.8 Å². The summed E-state index contributed by atoms with van der Waals surface area (Å²) in [6, 6.07) is 5.85. The van der Waals surface area contributed by atoms with Gasteiger partial charge < -0.3 is 9.52 Å². The number of hydrogen-bond acceptors (Lipinski definition) is 5. The number of benzene rings is 1. The molecule has 5 nitrogen and oxygen atoms in total. The van der Waals surface area contributed by atoms with E-state index in [0.29, 0.717) is 17.4 Å². The minimum absolute atomic E-state index is 0.0437. The fraction of sp³-hybridized carbons (Fsp3) is 0.542. The second-order valence-electron chi connectivity index (χ2n) is 9.50. The van der Waals surface area contributed by atoms with Crippen LogP contribution < -0.4 is 0 Å². The molecule has 0 bridgehead atoms. The van der Waals surface area contributed by atoms with Gasteiger partial charge in [-0.3, -0.25) is 4.79 Å². The van der Waals surface area contributed by atoms with Gasteiger partial charge in [0.2, 0.25) is 0 Å². The third kappa shape index (κ3) is 4.26. The monoisotopic (exact) mass is 429 g/mol. The molecule has 1 aromatic heterocycles. The van der Waals surface area contributed by atoms with Crippen molar-refractivity contribution in [2.45, 2.75) is 75.9 Å². The van der Waals surface area contributed by atoms with Crippen molar-refractivity contribution in [2.24, 2.45) is 5.92 Å². The van der Waals surface area contributed by atoms with Crippen molar-refractivity contribution < 1.29 is 18.5 Å². The zero-order chi connectivity index (χ0) is 21.7. The van der Waals surface area contributed by atoms with Gasteiger partial charge in [-0.2, -0.15) is 0 Å². The Morgan fingerprint density at radius 2 is 2.07 bits per heavy atom. The number of fused-ring (bicyclic) bond motifs is 1. The lowest BCUT2D eigenvalue weighted by Gasteiger charge is -2.19. The highest BCUT2D eigenvalue weighted by Gasteiger charge is 2.32. The van der Waals surface area contributed by atoms with Gasteiger partial charge in [0.05, 0.1) is 17.6 Å². The van der Waals surface area contributed by atoms with Crippen LogP contribution in [0, 0.1) is 10.7 Å². The van der Waals surface area contributed by atoms with Crippen LogP contribution in [0.4, 0.5) is 0 Å². The van der Waals surface area contributed by atoms with Crippen LogP contribution in [0.25, 0.3) is 0 Å². The molecule has 0 spiro atoms. The number of aryl methyl sites for hydroxylation is 1. The van der Waals surface area contributed by atoms with E-state index in [1.165, 1.54) is 41.9 Å². The van der Waals surface area contributed by atoms with E-state index >= 15 is 0 Å². The molecule has 0 radical (unpaired) electrons. The summed E-state index contributed by atoms with van der Waals surface area (Å²) in [6.45, 7) is 5.44. The minimum Gasteiger partial charge on any atom is -0.454 e. The van der Waals surface area contributed by atoms with Crippen LogP contribution in [0.3, 0.4) is 0 Å². The van der Waals surface area contributed by atoms with Gasteiger partial charge in [-0.05, 0) is 80.0 Å². The van der Waals surface area contributed by atoms with E-state index in [0.717, 1.165) is 24.8 Å². The number of nitrogens with one attached hydrogen (secondary N) is 1. The molecule has 1 aromatic carbocycles. The lowest BCUT2D eigenvalue weighted by molar-refractivity contribution is -0.116. The third-order valence-electron chi connectivity index (χ3n) is 6.60. The largest absolute Gasteiger partial charge is 0.454 e. The molecular weight excluding hydrogens is 398 g/mol. The van der Waals surface area contributed by atoms with Gasteiger partial charge in [0, 0.05) is 18.1 Å². The zero-order valence-electron chi connectivity index (χ0n) is 18.0. The Balaban J connectivity index is 1.57. The number of Topliss-reactive ketones (excluding diaryl/α,β-unsaturated/α-hetero) is 1. The van der Waals surface area contributed by atoms with Crippen LogP contribution in [-0.2, 0) is 39.4 Å². The molecule has 2 aromatic rings. The summed E-state index contributed by atoms with van der Waals surface area (Å²) < 4.78 is 26.6. The molecule has 2 aliphatic rings. The van der Waals surface area contributed by atoms with Gasteiger partial charge >= 0.3 is 0 Å². The molecule has 6 heteroatoms. The molecule has 2 aliphatic carbocycles. The highest BCUT2D eigenvalue weighted by molar-refractivity contribution is 7.93. The van der Waals surface area contributed by atoms with Crippen molar-refractivity contribution in [3.8, 4) is 0 Å². The van der Waals surface area contributed by atoms with Crippen molar-refractivity contribution in [1.82, 2.24) is 0 Å². The normalized spacial score (nSPS) is 19.3. The molecule has 0 amide bonds. The highest BCUT2D eigenvalue weighted by Crippen LogP contribution is 2.44. The summed E-state index contributed by atoms with van der Waals surface area (Å²) in [5.74, 6) is 0.563. The van der Waals surface area contributed by atoms with Crippen LogP contribution in [0.5, 0.6) is 0 Å². The minimum atomic E-state index is -3.40. The number of carbonyl (C=O) groups is 1. The molecular formula is C24H31NO4S. The maximum atomic E-state index is 13.0. The Kier molecular flexibility index (Phi) is 5.43. The molecule has 1 fully saturated rings. The Labute approximate surface area is 178 Å². The predicted octanol–water partition coefficient (Wildman–Crippen LogP) is 4.73. The molecule has 0 saturated heterocycles. The maximum absolute atomic E-state index is 13.0. The van der Waals surface area contributed by atoms with Gasteiger partial charge in [-0.1, -0.05) is 19.1 Å². The van der Waals surface area contributed by atoms with E-state index in [1.807, 2.05) is 0 Å². The van der Waals surface area contributed by atoms with Crippen LogP contribution in [0.15, 0.2) is 34.0 Å². The standard InChI is InChI=1S/C24H31NO4S/c1-15(16-7-8-16)20-10-9-17-5-4-6-21(17)22(20)12-19(26)14-30(25,28)23-11-18(13-29-23)24(2,3)27/h9-11,13,15-16,25,27H,4-8,12,14H2,1-3H3/t15-,30?/m0/s1. The van der Waals surface area contributed by atoms with Crippen molar-refractivity contribution in [2.75, 3.05) is 5.75 Å². The first-order valence-electron chi connectivity index (χ1n) is 10.8. The number of hydrogen-bond donors (Lipinski definition) is 2. The van der Waals surface area contributed by atoms with E-state index in [-0.39, 0.29) is 23.0 Å². The Morgan fingerprint density at radius 3 is 2.70 bits per heavy atom. The first-order chi connectivity index (χ1) is 14.1. The second kappa shape index (κ2) is 7.65. The van der Waals surface area contributed by atoms with Crippen molar-refractivity contribution in [1.29, 1.82) is 4.78 Å². The fourth-order valence-electron chi connectivity index (χ4n) is 4.60. The van der Waals surface area contributed by atoms with Gasteiger partial charge in [0.15, 0.2) is 10.9 Å². The van der Waals surface area contributed by atoms with Gasteiger partial charge in [0.1, 0.15) is 9.73 Å². The van der Waals surface area contributed by atoms with Gasteiger partial charge in [-0.25, -0.2) is 8.99 Å². The topological polar surface area (TPSA) is 91.4 Å². The number of rotatable bonds is 8. The zero-order valence-corrected chi connectivity index (χ0v) is 18.8. The van der Waals surface area contributed by atoms with Crippen LogP contribution in [0.2, 0.25) is 0 Å². The average molecular weight is 430 g/mol. The Hall–Kier alpha value is -1.92. The molecule has 2 atom stereocenters. The van der Waals surface area contributed by atoms with Crippen LogP contribution in [-0.4, -0.2) is 20.9 Å². The van der Waals surface area contributed by atoms with Crippen molar-refractivity contribution in [3.05, 3.63) is 52.3 Å². The molecule has 2 N–H and O–H groups in total. The molecule has 1 unspecified atom stereocenters. The predicted molar refractivity (Wildman–Crippen MR) is 116 cm³/mol. The van der Waals surface area contributed by atoms with Crippen molar-refractivity contribution >= 4 is 15.5 Å². The molecule has 4 rings (SSSR count). The Bertz CT molecular complexity index is 1070. The molecule has 0 aliphatic heterocycles. The lowest BCUT2D eigenvalue weighted by atomic mass is 9.86. The number of furan rings is 1. The van der Waals surface area contributed by atoms with E-state index < -0.39 is 15.3 Å². The first-order valence-corrected chi connectivity index (χ1v) is 12.5. The summed E-state index contributed by atoms with van der Waals surface area (Å²) in [5.41, 5.74) is 4.29. The lowest BCUT2D eigenvalue weighted by Crippen LogP contribution is -2.19. The SMILES string of the molecule is C[C@H](c1ccc2c(c1CC(=O)CS(=N)(=O)c1cc(C(C)(C)O)co1)CCC2)C1CC1. The van der Waals surface area contributed by atoms with Crippen molar-refractivity contribution in [3.63, 3.8) is 0 Å². The summed E-state index contributed by atoms with van der Waals surface area (Å²) >= 11 is 0. The van der Waals surface area contributed by atoms with Gasteiger partial charge in [-0.15, -0.1) is 0 Å². The number of aliphatic hydroxyl groups is 1. The molecule has 30 heavy (non-hydrogen) atoms. The summed E-state index contributed by atoms with van der Waals surface area (Å²) in [7, 11) is -3.40. The maximum Gasteiger partial charge on any atom is 0.199 e. The van der Waals surface area contributed by atoms with E-state index in [1.54, 1.807) is 13.8 Å². The first kappa shape index (κ1) is 21.3. The third-order valence-corrected chi connectivity index (χ3v) is 8.19. The second-order valence-corrected chi connectivity index (χ2v) is 11.5. The van der Waals surface area contributed by atoms with Crippen LogP contribution >= 0.6 is 0 Å². The fourth-order valence-corrected chi connectivity index (χ4v) is 5.82. The molecule has 1 heterocycles. The summed E-state index contributed by atoms with van der Waals surface area (Å²) in [5, 5.41) is 10.0. The van der Waals surface area contributed by atoms with E-state index in [2.05, 4.69) is 19.1 Å².